The topological polar surface area (TPSA) is 25.8 Å². The van der Waals surface area contributed by atoms with Crippen molar-refractivity contribution in [3.8, 4) is 0 Å². The summed E-state index contributed by atoms with van der Waals surface area (Å²) < 4.78 is 0. The quantitative estimate of drug-likeness (QED) is 0.530. The molecule has 0 amide bonds. The largest absolute Gasteiger partial charge is 0.394 e. The van der Waals surface area contributed by atoms with Gasteiger partial charge in [0.15, 0.2) is 0 Å². The first-order valence-electron chi connectivity index (χ1n) is 3.66. The molecule has 0 aromatic carbocycles. The average molecular weight is 250 g/mol. The second-order valence-corrected chi connectivity index (χ2v) is 1.92. The average Bonchev–Trinajstić information content (AvgIpc) is 2.37. The minimum atomic E-state index is 1.69. The first-order chi connectivity index (χ1) is 7.00. The molecule has 0 saturated carbocycles. The summed E-state index contributed by atoms with van der Waals surface area (Å²) in [6.45, 7) is 0. The summed E-state index contributed by atoms with van der Waals surface area (Å²) in [5.41, 5.74) is 0. The molecule has 0 aliphatic rings. The number of nitrogens with zero attached hydrogens (tertiary/aromatic N) is 2. The third-order valence-corrected chi connectivity index (χ3v) is 1.03. The molecule has 2 heterocycles. The number of aromatic nitrogens is 2. The van der Waals surface area contributed by atoms with E-state index in [0.717, 1.165) is 0 Å². The van der Waals surface area contributed by atoms with Crippen molar-refractivity contribution in [1.82, 2.24) is 9.97 Å². The maximum absolute atomic E-state index is 4.26. The summed E-state index contributed by atoms with van der Waals surface area (Å²) in [6.07, 6.45) is 8.67. The molecular weight excluding hydrogens is 242 g/mol. The van der Waals surface area contributed by atoms with Crippen LogP contribution in [0.4, 0.5) is 0 Å². The zero-order valence-corrected chi connectivity index (χ0v) is 8.95. The fourth-order valence-corrected chi connectivity index (χ4v) is 0.555. The summed E-state index contributed by atoms with van der Waals surface area (Å²) in [7, 11) is 4.26. The van der Waals surface area contributed by atoms with Crippen molar-refractivity contribution in [3.05, 3.63) is 61.2 Å². The second-order valence-electron chi connectivity index (χ2n) is 1.92. The number of pyridine rings is 2. The zero-order chi connectivity index (χ0) is 10.5. The van der Waals surface area contributed by atoms with E-state index < -0.39 is 0 Å². The monoisotopic (exact) mass is 249 g/mol. The predicted octanol–water partition coefficient (Wildman–Crippen LogP) is 2.45. The molecule has 0 radical (unpaired) electrons. The van der Waals surface area contributed by atoms with Gasteiger partial charge in [-0.3, -0.25) is 0 Å². The minimum Gasteiger partial charge on any atom is -0.394 e. The van der Waals surface area contributed by atoms with Crippen molar-refractivity contribution in [2.45, 2.75) is 0 Å². The third kappa shape index (κ3) is 9.17. The number of rotatable bonds is 0. The van der Waals surface area contributed by atoms with Crippen LogP contribution < -0.4 is 0 Å². The van der Waals surface area contributed by atoms with Gasteiger partial charge in [0.25, 0.3) is 0 Å². The second kappa shape index (κ2) is 12.1. The van der Waals surface area contributed by atoms with Gasteiger partial charge in [0.2, 0.25) is 0 Å². The maximum Gasteiger partial charge on any atom is -0.0813 e. The molecule has 2 nitrogen and oxygen atoms in total. The van der Waals surface area contributed by atoms with Gasteiger partial charge in [-0.15, -0.1) is 0 Å². The summed E-state index contributed by atoms with van der Waals surface area (Å²) in [5, 5.41) is 0. The minimum absolute atomic E-state index is 1.69. The standard InChI is InChI=1S/2C5H4N.ClH.Ni/c2*1-2-4-6-5-3-1;;/h2*1-4H;1H;/q2*-1;;+1/p-1. The van der Waals surface area contributed by atoms with Gasteiger partial charge in [0.1, 0.15) is 0 Å². The Kier molecular flexibility index (Phi) is 11.3. The molecule has 0 aliphatic heterocycles. The first-order valence-corrected chi connectivity index (χ1v) is 5.02. The molecule has 77 valence electrons. The molecule has 0 atom stereocenters. The normalized spacial score (nSPS) is 7.36. The molecule has 0 saturated heterocycles. The SMILES string of the molecule is [Cl][Ni].[c-]1ccccn1.[c-]1ccccn1. The Bertz CT molecular complexity index is 194. The van der Waals surface area contributed by atoms with E-state index in [2.05, 4.69) is 47.1 Å². The van der Waals surface area contributed by atoms with E-state index in [1.54, 1.807) is 24.5 Å². The fourth-order valence-electron chi connectivity index (χ4n) is 0.555. The molecule has 2 aromatic heterocycles. The number of halogens is 1. The van der Waals surface area contributed by atoms with E-state index >= 15 is 0 Å². The van der Waals surface area contributed by atoms with Gasteiger partial charge in [-0.2, -0.15) is 36.4 Å². The molecule has 0 fully saturated rings. The Hall–Kier alpha value is -0.916. The van der Waals surface area contributed by atoms with Crippen LogP contribution in [0.1, 0.15) is 0 Å². The van der Waals surface area contributed by atoms with Crippen molar-refractivity contribution >= 4 is 10.2 Å². The maximum atomic E-state index is 4.26. The van der Waals surface area contributed by atoms with Gasteiger partial charge in [-0.1, -0.05) is 24.8 Å². The summed E-state index contributed by atoms with van der Waals surface area (Å²) in [5.74, 6) is 0. The smallest absolute Gasteiger partial charge is 0.0813 e. The van der Waals surface area contributed by atoms with Crippen molar-refractivity contribution < 1.29 is 14.6 Å². The third-order valence-electron chi connectivity index (χ3n) is 1.03. The number of hydrogen-bond donors (Lipinski definition) is 0. The number of hydrogen-bond acceptors (Lipinski definition) is 2. The van der Waals surface area contributed by atoms with E-state index in [9.17, 15) is 0 Å². The van der Waals surface area contributed by atoms with Crippen LogP contribution in [0.5, 0.6) is 0 Å². The van der Waals surface area contributed by atoms with Crippen LogP contribution in [0.15, 0.2) is 48.8 Å². The van der Waals surface area contributed by atoms with Gasteiger partial charge in [-0.25, -0.2) is 0 Å². The molecule has 0 bridgehead atoms. The van der Waals surface area contributed by atoms with Crippen LogP contribution in [-0.2, 0) is 14.6 Å². The van der Waals surface area contributed by atoms with Crippen molar-refractivity contribution in [2.24, 2.45) is 0 Å². The van der Waals surface area contributed by atoms with E-state index in [1.807, 2.05) is 24.3 Å². The Morgan fingerprint density at radius 3 is 1.29 bits per heavy atom. The Morgan fingerprint density at radius 2 is 1.21 bits per heavy atom. The molecule has 0 aliphatic carbocycles. The molecule has 2 rings (SSSR count). The molecule has 4 heteroatoms. The molecule has 2 aromatic rings. The molecule has 14 heavy (non-hydrogen) atoms. The van der Waals surface area contributed by atoms with Crippen LogP contribution in [0.25, 0.3) is 0 Å². The van der Waals surface area contributed by atoms with Gasteiger partial charge in [0.05, 0.1) is 0 Å². The van der Waals surface area contributed by atoms with Gasteiger partial charge >= 0.3 is 24.8 Å². The summed E-state index contributed by atoms with van der Waals surface area (Å²) in [6, 6.07) is 11.0. The Balaban J connectivity index is 0.000000206. The van der Waals surface area contributed by atoms with E-state index in [0.29, 0.717) is 0 Å². The van der Waals surface area contributed by atoms with Crippen LogP contribution in [0, 0.1) is 12.4 Å². The first kappa shape index (κ1) is 13.1. The fraction of sp³-hybridized carbons (Fsp3) is 0. The van der Waals surface area contributed by atoms with Crippen LogP contribution in [0.3, 0.4) is 0 Å². The van der Waals surface area contributed by atoms with E-state index in [4.69, 9.17) is 0 Å². The summed E-state index contributed by atoms with van der Waals surface area (Å²) in [4.78, 5) is 7.32. The molecule has 0 spiro atoms. The van der Waals surface area contributed by atoms with Crippen LogP contribution in [0.2, 0.25) is 0 Å². The van der Waals surface area contributed by atoms with Gasteiger partial charge in [-0.05, 0) is 0 Å². The van der Waals surface area contributed by atoms with Gasteiger partial charge < -0.3 is 9.97 Å². The van der Waals surface area contributed by atoms with Gasteiger partial charge in [0, 0.05) is 0 Å². The Morgan fingerprint density at radius 1 is 0.786 bits per heavy atom. The zero-order valence-electron chi connectivity index (χ0n) is 7.21. The Labute approximate surface area is 96.0 Å². The van der Waals surface area contributed by atoms with Crippen molar-refractivity contribution in [2.75, 3.05) is 0 Å². The van der Waals surface area contributed by atoms with Crippen LogP contribution in [-0.4, -0.2) is 9.97 Å². The molecule has 0 unspecified atom stereocenters. The van der Waals surface area contributed by atoms with Crippen LogP contribution >= 0.6 is 10.2 Å². The summed E-state index contributed by atoms with van der Waals surface area (Å²) >= 11 is 3.35. The molecule has 0 N–H and O–H groups in total. The van der Waals surface area contributed by atoms with E-state index in [1.165, 1.54) is 0 Å². The van der Waals surface area contributed by atoms with Crippen molar-refractivity contribution in [3.63, 3.8) is 0 Å². The predicted molar refractivity (Wildman–Crippen MR) is 52.0 cm³/mol. The van der Waals surface area contributed by atoms with E-state index in [-0.39, 0.29) is 0 Å². The van der Waals surface area contributed by atoms with Crippen molar-refractivity contribution in [1.29, 1.82) is 0 Å². The molecular formula is C10H8ClN2Ni-2.